The molecule has 1 fully saturated rings. The van der Waals surface area contributed by atoms with E-state index in [0.717, 1.165) is 13.1 Å². The van der Waals surface area contributed by atoms with Gasteiger partial charge < -0.3 is 10.4 Å². The summed E-state index contributed by atoms with van der Waals surface area (Å²) in [4.78, 5) is 14.3. The molecule has 2 rings (SSSR count). The van der Waals surface area contributed by atoms with Crippen LogP contribution in [-0.4, -0.2) is 41.6 Å². The van der Waals surface area contributed by atoms with Crippen LogP contribution in [-0.2, 0) is 4.79 Å². The quantitative estimate of drug-likeness (QED) is 0.846. The van der Waals surface area contributed by atoms with E-state index < -0.39 is 6.10 Å². The van der Waals surface area contributed by atoms with Gasteiger partial charge in [-0.05, 0) is 44.0 Å². The van der Waals surface area contributed by atoms with Gasteiger partial charge in [0.15, 0.2) is 0 Å². The summed E-state index contributed by atoms with van der Waals surface area (Å²) >= 11 is 5.81. The van der Waals surface area contributed by atoms with Gasteiger partial charge in [0.25, 0.3) is 0 Å². The highest BCUT2D eigenvalue weighted by Crippen LogP contribution is 2.19. The van der Waals surface area contributed by atoms with Crippen molar-refractivity contribution in [2.24, 2.45) is 0 Å². The van der Waals surface area contributed by atoms with Crippen LogP contribution in [0.15, 0.2) is 24.3 Å². The van der Waals surface area contributed by atoms with Gasteiger partial charge in [-0.2, -0.15) is 0 Å². The van der Waals surface area contributed by atoms with Crippen molar-refractivity contribution >= 4 is 17.5 Å². The lowest BCUT2D eigenvalue weighted by molar-refractivity contribution is -0.123. The summed E-state index contributed by atoms with van der Waals surface area (Å²) in [7, 11) is 0. The molecule has 1 heterocycles. The number of likely N-dealkylation sites (tertiary alicyclic amines) is 1. The molecule has 2 N–H and O–H groups in total. The summed E-state index contributed by atoms with van der Waals surface area (Å²) < 4.78 is 0. The van der Waals surface area contributed by atoms with Crippen LogP contribution in [0.25, 0.3) is 0 Å². The summed E-state index contributed by atoms with van der Waals surface area (Å²) in [5.74, 6) is -0.118. The van der Waals surface area contributed by atoms with Crippen LogP contribution in [0.3, 0.4) is 0 Å². The Kier molecular flexibility index (Phi) is 6.68. The number of benzene rings is 1. The van der Waals surface area contributed by atoms with Crippen LogP contribution < -0.4 is 5.32 Å². The number of hydrogen-bond donors (Lipinski definition) is 2. The van der Waals surface area contributed by atoms with Gasteiger partial charge in [-0.3, -0.25) is 9.69 Å². The maximum absolute atomic E-state index is 11.9. The number of hydrogen-bond acceptors (Lipinski definition) is 3. The second kappa shape index (κ2) is 8.51. The van der Waals surface area contributed by atoms with Crippen LogP contribution in [0, 0.1) is 0 Å². The Bertz CT molecular complexity index is 478. The number of rotatable bonds is 6. The number of carbonyl (C=O) groups is 1. The summed E-state index contributed by atoms with van der Waals surface area (Å²) in [5, 5.41) is 13.6. The van der Waals surface area contributed by atoms with E-state index in [-0.39, 0.29) is 12.3 Å². The van der Waals surface area contributed by atoms with Gasteiger partial charge >= 0.3 is 0 Å². The topological polar surface area (TPSA) is 52.6 Å². The van der Waals surface area contributed by atoms with Crippen LogP contribution in [0.2, 0.25) is 5.02 Å². The molecule has 1 saturated heterocycles. The lowest BCUT2D eigenvalue weighted by Crippen LogP contribution is -2.42. The van der Waals surface area contributed by atoms with Crippen molar-refractivity contribution < 1.29 is 9.90 Å². The van der Waals surface area contributed by atoms with Crippen molar-refractivity contribution in [3.05, 3.63) is 34.9 Å². The Morgan fingerprint density at radius 3 is 2.82 bits per heavy atom. The number of nitrogens with one attached hydrogen (secondary N) is 1. The first-order valence-electron chi connectivity index (χ1n) is 8.00. The number of carbonyl (C=O) groups excluding carboxylic acids is 1. The number of halogens is 1. The summed E-state index contributed by atoms with van der Waals surface area (Å²) in [6.07, 6.45) is 3.08. The highest BCUT2D eigenvalue weighted by Gasteiger charge is 2.18. The van der Waals surface area contributed by atoms with Gasteiger partial charge in [-0.15, -0.1) is 0 Å². The first-order valence-corrected chi connectivity index (χ1v) is 8.38. The number of aliphatic hydroxyl groups excluding tert-OH is 1. The molecule has 4 nitrogen and oxygen atoms in total. The maximum Gasteiger partial charge on any atom is 0.223 e. The van der Waals surface area contributed by atoms with Gasteiger partial charge in [0.1, 0.15) is 0 Å². The van der Waals surface area contributed by atoms with E-state index in [2.05, 4.69) is 17.1 Å². The summed E-state index contributed by atoms with van der Waals surface area (Å²) in [5.41, 5.74) is 0.712. The van der Waals surface area contributed by atoms with Crippen molar-refractivity contribution in [2.45, 2.75) is 44.8 Å². The zero-order valence-corrected chi connectivity index (χ0v) is 13.9. The summed E-state index contributed by atoms with van der Waals surface area (Å²) in [6.45, 7) is 4.87. The molecule has 122 valence electrons. The third kappa shape index (κ3) is 5.27. The third-order valence-corrected chi connectivity index (χ3v) is 4.55. The molecule has 5 heteroatoms. The molecule has 0 aromatic heterocycles. The average Bonchev–Trinajstić information content (AvgIpc) is 2.50. The van der Waals surface area contributed by atoms with Gasteiger partial charge in [0.2, 0.25) is 5.91 Å². The minimum atomic E-state index is -0.786. The minimum absolute atomic E-state index is 0.0805. The van der Waals surface area contributed by atoms with E-state index in [1.165, 1.54) is 19.3 Å². The Balaban J connectivity index is 1.70. The number of aliphatic hydroxyl groups is 1. The van der Waals surface area contributed by atoms with E-state index in [1.807, 2.05) is 0 Å². The number of nitrogens with zero attached hydrogens (tertiary/aromatic N) is 1. The van der Waals surface area contributed by atoms with Gasteiger partial charge in [-0.1, -0.05) is 30.2 Å². The minimum Gasteiger partial charge on any atom is -0.388 e. The van der Waals surface area contributed by atoms with E-state index in [4.69, 9.17) is 11.6 Å². The monoisotopic (exact) mass is 324 g/mol. The number of amides is 1. The van der Waals surface area contributed by atoms with Crippen molar-refractivity contribution in [1.29, 1.82) is 0 Å². The van der Waals surface area contributed by atoms with Crippen LogP contribution in [0.5, 0.6) is 0 Å². The molecule has 1 amide bonds. The second-order valence-corrected chi connectivity index (χ2v) is 6.44. The molecular weight excluding hydrogens is 300 g/mol. The van der Waals surface area contributed by atoms with E-state index in [0.29, 0.717) is 23.2 Å². The molecule has 1 aromatic rings. The van der Waals surface area contributed by atoms with Gasteiger partial charge in [0, 0.05) is 24.2 Å². The molecule has 22 heavy (non-hydrogen) atoms. The molecule has 1 aliphatic rings. The molecule has 0 radical (unpaired) electrons. The Morgan fingerprint density at radius 1 is 1.41 bits per heavy atom. The lowest BCUT2D eigenvalue weighted by Gasteiger charge is -2.33. The van der Waals surface area contributed by atoms with Crippen LogP contribution >= 0.6 is 11.6 Å². The Morgan fingerprint density at radius 2 is 2.14 bits per heavy atom. The predicted octanol–water partition coefficient (Wildman–Crippen LogP) is 2.75. The van der Waals surface area contributed by atoms with E-state index >= 15 is 0 Å². The first kappa shape index (κ1) is 17.3. The normalized spacial score (nSPS) is 20.6. The zero-order valence-electron chi connectivity index (χ0n) is 13.1. The standard InChI is InChI=1S/C17H25ClN2O2/c1-13-4-2-3-10-20(13)11-9-19-17(22)12-16(21)14-5-7-15(18)8-6-14/h5-8,13,16,21H,2-4,9-12H2,1H3,(H,19,22). The van der Waals surface area contributed by atoms with Crippen LogP contribution in [0.1, 0.15) is 44.3 Å². The van der Waals surface area contributed by atoms with Gasteiger partial charge in [-0.25, -0.2) is 0 Å². The highest BCUT2D eigenvalue weighted by molar-refractivity contribution is 6.30. The molecule has 2 atom stereocenters. The van der Waals surface area contributed by atoms with Crippen molar-refractivity contribution in [3.63, 3.8) is 0 Å². The largest absolute Gasteiger partial charge is 0.388 e. The Labute approximate surface area is 137 Å². The molecule has 1 aliphatic heterocycles. The average molecular weight is 325 g/mol. The van der Waals surface area contributed by atoms with Crippen LogP contribution in [0.4, 0.5) is 0 Å². The maximum atomic E-state index is 11.9. The van der Waals surface area contributed by atoms with E-state index in [9.17, 15) is 9.90 Å². The second-order valence-electron chi connectivity index (χ2n) is 6.00. The van der Waals surface area contributed by atoms with Crippen molar-refractivity contribution in [1.82, 2.24) is 10.2 Å². The molecule has 1 aromatic carbocycles. The highest BCUT2D eigenvalue weighted by atomic mass is 35.5. The lowest BCUT2D eigenvalue weighted by atomic mass is 10.0. The molecule has 2 unspecified atom stereocenters. The molecule has 0 saturated carbocycles. The fourth-order valence-electron chi connectivity index (χ4n) is 2.88. The predicted molar refractivity (Wildman–Crippen MR) is 88.9 cm³/mol. The fourth-order valence-corrected chi connectivity index (χ4v) is 3.01. The molecule has 0 bridgehead atoms. The third-order valence-electron chi connectivity index (χ3n) is 4.30. The molecule has 0 aliphatic carbocycles. The summed E-state index contributed by atoms with van der Waals surface area (Å²) in [6, 6.07) is 7.53. The molecule has 0 spiro atoms. The SMILES string of the molecule is CC1CCCCN1CCNC(=O)CC(O)c1ccc(Cl)cc1. The Hall–Kier alpha value is -1.10. The smallest absolute Gasteiger partial charge is 0.223 e. The van der Waals surface area contributed by atoms with E-state index in [1.54, 1.807) is 24.3 Å². The van der Waals surface area contributed by atoms with Crippen molar-refractivity contribution in [2.75, 3.05) is 19.6 Å². The van der Waals surface area contributed by atoms with Gasteiger partial charge in [0.05, 0.1) is 12.5 Å². The zero-order chi connectivity index (χ0) is 15.9. The number of piperidine rings is 1. The molecular formula is C17H25ClN2O2. The first-order chi connectivity index (χ1) is 10.6. The van der Waals surface area contributed by atoms with Crippen molar-refractivity contribution in [3.8, 4) is 0 Å². The fraction of sp³-hybridized carbons (Fsp3) is 0.588.